The summed E-state index contributed by atoms with van der Waals surface area (Å²) in [5.41, 5.74) is 0.708. The second-order valence-corrected chi connectivity index (χ2v) is 7.57. The zero-order chi connectivity index (χ0) is 20.4. The Morgan fingerprint density at radius 3 is 2.56 bits per heavy atom. The molecule has 1 aromatic heterocycles. The lowest BCUT2D eigenvalue weighted by Crippen LogP contribution is -2.40. The summed E-state index contributed by atoms with van der Waals surface area (Å²) in [4.78, 5) is 24.2. The molecule has 1 heterocycles. The van der Waals surface area contributed by atoms with Crippen LogP contribution in [0.25, 0.3) is 0 Å². The van der Waals surface area contributed by atoms with Crippen LogP contribution in [0, 0.1) is 6.92 Å². The molecular weight excluding hydrogens is 362 g/mol. The fourth-order valence-electron chi connectivity index (χ4n) is 2.65. The van der Waals surface area contributed by atoms with E-state index in [-0.39, 0.29) is 12.0 Å². The lowest BCUT2D eigenvalue weighted by atomic mass is 10.3. The van der Waals surface area contributed by atoms with Crippen molar-refractivity contribution in [2.45, 2.75) is 60.5 Å². The van der Waals surface area contributed by atoms with Crippen molar-refractivity contribution < 1.29 is 9.53 Å². The van der Waals surface area contributed by atoms with Crippen molar-refractivity contribution in [2.75, 3.05) is 32.8 Å². The summed E-state index contributed by atoms with van der Waals surface area (Å²) < 4.78 is 5.10. The Hall–Kier alpha value is -1.67. The van der Waals surface area contributed by atoms with E-state index in [0.717, 1.165) is 37.1 Å². The van der Waals surface area contributed by atoms with Crippen molar-refractivity contribution in [3.05, 3.63) is 15.6 Å². The van der Waals surface area contributed by atoms with Crippen molar-refractivity contribution >= 4 is 23.3 Å². The second kappa shape index (κ2) is 11.9. The van der Waals surface area contributed by atoms with Gasteiger partial charge in [0, 0.05) is 19.1 Å². The first kappa shape index (κ1) is 23.4. The number of hydrogen-bond acceptors (Lipinski definition) is 6. The molecule has 27 heavy (non-hydrogen) atoms. The lowest BCUT2D eigenvalue weighted by Gasteiger charge is -2.24. The van der Waals surface area contributed by atoms with E-state index in [9.17, 15) is 4.79 Å². The summed E-state index contributed by atoms with van der Waals surface area (Å²) in [5.74, 6) is 0.454. The summed E-state index contributed by atoms with van der Waals surface area (Å²) in [6, 6.07) is 0.460. The molecule has 0 saturated heterocycles. The zero-order valence-electron chi connectivity index (χ0n) is 17.8. The number of aryl methyl sites for hydroxylation is 1. The molecule has 0 amide bonds. The maximum atomic E-state index is 12.0. The number of ether oxygens (including phenoxy) is 1. The molecule has 1 rings (SSSR count). The summed E-state index contributed by atoms with van der Waals surface area (Å²) >= 11 is 1.37. The maximum Gasteiger partial charge on any atom is 0.350 e. The molecule has 8 heteroatoms. The Morgan fingerprint density at radius 2 is 2.00 bits per heavy atom. The minimum absolute atomic E-state index is 0.0537. The molecule has 1 atom stereocenters. The van der Waals surface area contributed by atoms with Crippen molar-refractivity contribution in [3.63, 3.8) is 0 Å². The number of guanidine groups is 1. The normalized spacial score (nSPS) is 13.1. The molecule has 0 fully saturated rings. The van der Waals surface area contributed by atoms with Crippen molar-refractivity contribution in [3.8, 4) is 0 Å². The predicted molar refractivity (Wildman–Crippen MR) is 113 cm³/mol. The Kier molecular flexibility index (Phi) is 10.3. The number of nitrogens with zero attached hydrogens (tertiary/aromatic N) is 3. The molecule has 0 aliphatic rings. The van der Waals surface area contributed by atoms with Gasteiger partial charge in [-0.15, -0.1) is 11.3 Å². The Bertz CT molecular complexity index is 615. The topological polar surface area (TPSA) is 78.9 Å². The first-order chi connectivity index (χ1) is 12.8. The third kappa shape index (κ3) is 7.46. The number of aromatic nitrogens is 1. The van der Waals surface area contributed by atoms with Gasteiger partial charge in [0.1, 0.15) is 9.88 Å². The van der Waals surface area contributed by atoms with E-state index in [1.807, 2.05) is 20.8 Å². The molecule has 1 aromatic rings. The van der Waals surface area contributed by atoms with Crippen LogP contribution in [-0.4, -0.2) is 60.6 Å². The van der Waals surface area contributed by atoms with Crippen LogP contribution in [0.4, 0.5) is 0 Å². The van der Waals surface area contributed by atoms with E-state index in [0.29, 0.717) is 23.2 Å². The van der Waals surface area contributed by atoms with Crippen LogP contribution in [0.5, 0.6) is 0 Å². The van der Waals surface area contributed by atoms with E-state index in [1.165, 1.54) is 11.3 Å². The molecule has 1 unspecified atom stereocenters. The van der Waals surface area contributed by atoms with Gasteiger partial charge in [0.25, 0.3) is 0 Å². The first-order valence-corrected chi connectivity index (χ1v) is 10.6. The van der Waals surface area contributed by atoms with Gasteiger partial charge in [-0.3, -0.25) is 9.89 Å². The number of rotatable bonds is 10. The highest BCUT2D eigenvalue weighted by Crippen LogP contribution is 2.24. The molecule has 0 radical (unpaired) electrons. The van der Waals surface area contributed by atoms with Gasteiger partial charge in [0.2, 0.25) is 0 Å². The van der Waals surface area contributed by atoms with Crippen LogP contribution >= 0.6 is 11.3 Å². The number of hydrogen-bond donors (Lipinski definition) is 2. The molecular formula is C19H35N5O2S. The highest BCUT2D eigenvalue weighted by Gasteiger charge is 2.20. The smallest absolute Gasteiger partial charge is 0.350 e. The quantitative estimate of drug-likeness (QED) is 0.359. The van der Waals surface area contributed by atoms with E-state index in [4.69, 9.17) is 4.74 Å². The van der Waals surface area contributed by atoms with Crippen LogP contribution in [0.3, 0.4) is 0 Å². The Balaban J connectivity index is 2.77. The van der Waals surface area contributed by atoms with E-state index in [2.05, 4.69) is 46.3 Å². The minimum atomic E-state index is -0.306. The molecule has 0 aliphatic heterocycles. The number of carbonyl (C=O) groups is 1. The average molecular weight is 398 g/mol. The van der Waals surface area contributed by atoms with E-state index >= 15 is 0 Å². The number of esters is 1. The standard InChI is InChI=1S/C19H35N5O2S/c1-8-20-19(21-11-12-24(9-2)13(4)5)23-15(7)17-22-14(6)16(27-17)18(25)26-10-3/h13,15H,8-12H2,1-7H3,(H2,20,21,23). The highest BCUT2D eigenvalue weighted by molar-refractivity contribution is 7.13. The van der Waals surface area contributed by atoms with Crippen molar-refractivity contribution in [1.82, 2.24) is 20.5 Å². The van der Waals surface area contributed by atoms with Crippen LogP contribution < -0.4 is 10.6 Å². The number of likely N-dealkylation sites (N-methyl/N-ethyl adjacent to an activating group) is 1. The van der Waals surface area contributed by atoms with Gasteiger partial charge < -0.3 is 15.4 Å². The summed E-state index contributed by atoms with van der Waals surface area (Å²) in [5, 5.41) is 7.50. The van der Waals surface area contributed by atoms with Crippen molar-refractivity contribution in [1.29, 1.82) is 0 Å². The third-order valence-corrected chi connectivity index (χ3v) is 5.46. The van der Waals surface area contributed by atoms with Gasteiger partial charge in [-0.2, -0.15) is 0 Å². The number of carbonyl (C=O) groups excluding carboxylic acids is 1. The van der Waals surface area contributed by atoms with Crippen LogP contribution in [0.2, 0.25) is 0 Å². The van der Waals surface area contributed by atoms with Gasteiger partial charge >= 0.3 is 5.97 Å². The van der Waals surface area contributed by atoms with Gasteiger partial charge in [0.15, 0.2) is 5.96 Å². The third-order valence-electron chi connectivity index (χ3n) is 4.14. The largest absolute Gasteiger partial charge is 0.462 e. The Labute approximate surface area is 167 Å². The summed E-state index contributed by atoms with van der Waals surface area (Å²) in [6.07, 6.45) is 0. The van der Waals surface area contributed by atoms with E-state index < -0.39 is 0 Å². The van der Waals surface area contributed by atoms with Gasteiger partial charge in [-0.05, 0) is 48.1 Å². The van der Waals surface area contributed by atoms with Gasteiger partial charge in [-0.25, -0.2) is 9.78 Å². The second-order valence-electron chi connectivity index (χ2n) is 6.54. The maximum absolute atomic E-state index is 12.0. The summed E-state index contributed by atoms with van der Waals surface area (Å²) in [6.45, 7) is 18.1. The monoisotopic (exact) mass is 397 g/mol. The Morgan fingerprint density at radius 1 is 1.30 bits per heavy atom. The molecule has 0 spiro atoms. The molecule has 154 valence electrons. The molecule has 0 aliphatic carbocycles. The fourth-order valence-corrected chi connectivity index (χ4v) is 3.61. The van der Waals surface area contributed by atoms with Crippen LogP contribution in [-0.2, 0) is 4.74 Å². The zero-order valence-corrected chi connectivity index (χ0v) is 18.6. The highest BCUT2D eigenvalue weighted by atomic mass is 32.1. The first-order valence-electron chi connectivity index (χ1n) is 9.77. The average Bonchev–Trinajstić information content (AvgIpc) is 3.00. The van der Waals surface area contributed by atoms with Gasteiger partial charge in [0.05, 0.1) is 24.9 Å². The number of aliphatic imine (C=N–C) groups is 1. The fraction of sp³-hybridized carbons (Fsp3) is 0.737. The molecule has 0 saturated carbocycles. The lowest BCUT2D eigenvalue weighted by molar-refractivity contribution is 0.0531. The van der Waals surface area contributed by atoms with Crippen LogP contribution in [0.15, 0.2) is 4.99 Å². The number of nitrogens with one attached hydrogen (secondary N) is 2. The van der Waals surface area contributed by atoms with Crippen LogP contribution in [0.1, 0.15) is 68.0 Å². The summed E-state index contributed by atoms with van der Waals surface area (Å²) in [7, 11) is 0. The van der Waals surface area contributed by atoms with Crippen molar-refractivity contribution in [2.24, 2.45) is 4.99 Å². The molecule has 2 N–H and O–H groups in total. The molecule has 0 aromatic carbocycles. The van der Waals surface area contributed by atoms with Gasteiger partial charge in [-0.1, -0.05) is 6.92 Å². The van der Waals surface area contributed by atoms with E-state index in [1.54, 1.807) is 6.92 Å². The number of thiazole rings is 1. The minimum Gasteiger partial charge on any atom is -0.462 e. The SMILES string of the molecule is CCNC(=NCCN(CC)C(C)C)NC(C)c1nc(C)c(C(=O)OCC)s1. The molecule has 7 nitrogen and oxygen atoms in total. The molecule has 0 bridgehead atoms. The predicted octanol–water partition coefficient (Wildman–Crippen LogP) is 2.97.